The Morgan fingerprint density at radius 2 is 1.28 bits per heavy atom. The van der Waals surface area contributed by atoms with Gasteiger partial charge in [-0.1, -0.05) is 44.0 Å². The second-order valence-electron chi connectivity index (χ2n) is 9.05. The first-order valence-corrected chi connectivity index (χ1v) is 11.5. The Bertz CT molecular complexity index is 1200. The van der Waals surface area contributed by atoms with Crippen LogP contribution in [0.1, 0.15) is 38.2 Å². The maximum atomic E-state index is 14.5. The molecule has 2 nitrogen and oxygen atoms in total. The van der Waals surface area contributed by atoms with Crippen LogP contribution < -0.4 is 9.47 Å². The average Bonchev–Trinajstić information content (AvgIpc) is 2.85. The van der Waals surface area contributed by atoms with E-state index in [1.807, 2.05) is 6.92 Å². The molecule has 4 rings (SSSR count). The molecule has 0 amide bonds. The molecule has 0 radical (unpaired) electrons. The molecular weight excluding hydrogens is 489 g/mol. The summed E-state index contributed by atoms with van der Waals surface area (Å²) in [6.45, 7) is 1.77. The molecule has 0 N–H and O–H groups in total. The van der Waals surface area contributed by atoms with E-state index in [0.29, 0.717) is 29.9 Å². The van der Waals surface area contributed by atoms with E-state index in [2.05, 4.69) is 4.74 Å². The highest BCUT2D eigenvalue weighted by Gasteiger charge is 2.44. The van der Waals surface area contributed by atoms with Gasteiger partial charge in [0.25, 0.3) is 0 Å². The zero-order chi connectivity index (χ0) is 26.0. The lowest BCUT2D eigenvalue weighted by Gasteiger charge is -2.32. The lowest BCUT2D eigenvalue weighted by molar-refractivity contribution is -0.224. The summed E-state index contributed by atoms with van der Waals surface area (Å²) in [5.41, 5.74) is 1.01. The normalized spacial score (nSPS) is 18.2. The quantitative estimate of drug-likeness (QED) is 0.234. The fourth-order valence-corrected chi connectivity index (χ4v) is 4.21. The molecule has 0 heterocycles. The summed E-state index contributed by atoms with van der Waals surface area (Å²) < 4.78 is 108. The van der Waals surface area contributed by atoms with Crippen molar-refractivity contribution in [2.75, 3.05) is 0 Å². The SMILES string of the molecule is CC1CCC(C(F)(F)Oc2ccc(OCc3ccc(-c4cc(F)c(F)c(F)c4)cc3)c(F)c2F)CC1. The summed E-state index contributed by atoms with van der Waals surface area (Å²) in [6, 6.07) is 9.63. The maximum absolute atomic E-state index is 14.5. The average molecular weight is 512 g/mol. The molecule has 0 aromatic heterocycles. The smallest absolute Gasteiger partial charge is 0.400 e. The predicted molar refractivity (Wildman–Crippen MR) is 119 cm³/mol. The predicted octanol–water partition coefficient (Wildman–Crippen LogP) is 8.43. The van der Waals surface area contributed by atoms with Gasteiger partial charge in [-0.25, -0.2) is 13.2 Å². The number of alkyl halides is 2. The van der Waals surface area contributed by atoms with Gasteiger partial charge in [0, 0.05) is 0 Å². The van der Waals surface area contributed by atoms with Gasteiger partial charge in [-0.05, 0) is 59.7 Å². The molecule has 0 spiro atoms. The van der Waals surface area contributed by atoms with Crippen LogP contribution in [0.3, 0.4) is 0 Å². The summed E-state index contributed by atoms with van der Waals surface area (Å²) in [4.78, 5) is 0. The van der Waals surface area contributed by atoms with Gasteiger partial charge in [0.2, 0.25) is 11.6 Å². The Morgan fingerprint density at radius 3 is 1.89 bits per heavy atom. The van der Waals surface area contributed by atoms with Crippen LogP contribution in [0.15, 0.2) is 48.5 Å². The van der Waals surface area contributed by atoms with Gasteiger partial charge in [-0.3, -0.25) is 0 Å². The highest BCUT2D eigenvalue weighted by atomic mass is 19.3. The van der Waals surface area contributed by atoms with Crippen LogP contribution in [0.2, 0.25) is 0 Å². The van der Waals surface area contributed by atoms with E-state index in [4.69, 9.17) is 4.74 Å². The van der Waals surface area contributed by atoms with Crippen molar-refractivity contribution in [2.45, 2.75) is 45.3 Å². The van der Waals surface area contributed by atoms with Crippen molar-refractivity contribution in [3.63, 3.8) is 0 Å². The van der Waals surface area contributed by atoms with Crippen LogP contribution in [-0.2, 0) is 6.61 Å². The molecule has 0 atom stereocenters. The monoisotopic (exact) mass is 512 g/mol. The first kappa shape index (κ1) is 25.9. The van der Waals surface area contributed by atoms with Gasteiger partial charge in [-0.2, -0.15) is 17.6 Å². The second kappa shape index (κ2) is 10.4. The van der Waals surface area contributed by atoms with Gasteiger partial charge in [0.05, 0.1) is 5.92 Å². The van der Waals surface area contributed by atoms with E-state index in [1.54, 1.807) is 0 Å². The van der Waals surface area contributed by atoms with Gasteiger partial charge >= 0.3 is 6.11 Å². The first-order chi connectivity index (χ1) is 17.0. The molecule has 36 heavy (non-hydrogen) atoms. The zero-order valence-corrected chi connectivity index (χ0v) is 19.3. The van der Waals surface area contributed by atoms with E-state index in [-0.39, 0.29) is 25.0 Å². The Balaban J connectivity index is 1.41. The molecule has 1 saturated carbocycles. The third-order valence-electron chi connectivity index (χ3n) is 6.41. The summed E-state index contributed by atoms with van der Waals surface area (Å²) in [6.07, 6.45) is -1.92. The van der Waals surface area contributed by atoms with Gasteiger partial charge < -0.3 is 9.47 Å². The molecule has 192 valence electrons. The van der Waals surface area contributed by atoms with Crippen molar-refractivity contribution >= 4 is 0 Å². The van der Waals surface area contributed by atoms with Crippen molar-refractivity contribution in [1.29, 1.82) is 0 Å². The molecule has 1 aliphatic rings. The molecule has 3 aromatic carbocycles. The molecular formula is C27H23F7O2. The Hall–Kier alpha value is -3.23. The molecule has 9 heteroatoms. The molecule has 0 saturated heterocycles. The highest BCUT2D eigenvalue weighted by molar-refractivity contribution is 5.63. The lowest BCUT2D eigenvalue weighted by atomic mass is 9.82. The van der Waals surface area contributed by atoms with Crippen molar-refractivity contribution in [3.05, 3.63) is 83.2 Å². The number of ether oxygens (including phenoxy) is 2. The van der Waals surface area contributed by atoms with Gasteiger partial charge in [-0.15, -0.1) is 0 Å². The third-order valence-corrected chi connectivity index (χ3v) is 6.41. The number of halogens is 7. The molecule has 1 fully saturated rings. The van der Waals surface area contributed by atoms with E-state index < -0.39 is 52.6 Å². The maximum Gasteiger partial charge on any atom is 0.400 e. The minimum Gasteiger partial charge on any atom is -0.486 e. The van der Waals surface area contributed by atoms with Crippen molar-refractivity contribution in [1.82, 2.24) is 0 Å². The van der Waals surface area contributed by atoms with E-state index in [0.717, 1.165) is 24.3 Å². The first-order valence-electron chi connectivity index (χ1n) is 11.5. The zero-order valence-electron chi connectivity index (χ0n) is 19.3. The standard InChI is InChI=1S/C27H23F7O2/c1-15-2-8-19(9-3-15)27(33,34)36-23-11-10-22(25(31)26(23)32)35-14-16-4-6-17(7-5-16)18-12-20(28)24(30)21(29)13-18/h4-7,10-13,15,19H,2-3,8-9,14H2,1H3. The van der Waals surface area contributed by atoms with E-state index >= 15 is 0 Å². The highest BCUT2D eigenvalue weighted by Crippen LogP contribution is 2.41. The third kappa shape index (κ3) is 5.60. The molecule has 3 aromatic rings. The van der Waals surface area contributed by atoms with Gasteiger partial charge in [0.1, 0.15) is 6.61 Å². The molecule has 0 aliphatic heterocycles. The second-order valence-corrected chi connectivity index (χ2v) is 9.05. The summed E-state index contributed by atoms with van der Waals surface area (Å²) in [5, 5.41) is 0. The summed E-state index contributed by atoms with van der Waals surface area (Å²) in [7, 11) is 0. The minimum absolute atomic E-state index is 0.113. The largest absolute Gasteiger partial charge is 0.486 e. The fourth-order valence-electron chi connectivity index (χ4n) is 4.21. The van der Waals surface area contributed by atoms with Crippen LogP contribution in [0, 0.1) is 40.9 Å². The summed E-state index contributed by atoms with van der Waals surface area (Å²) >= 11 is 0. The number of rotatable bonds is 7. The Morgan fingerprint density at radius 1 is 0.722 bits per heavy atom. The van der Waals surface area contributed by atoms with Crippen molar-refractivity contribution in [2.24, 2.45) is 11.8 Å². The van der Waals surface area contributed by atoms with E-state index in [1.165, 1.54) is 24.3 Å². The lowest BCUT2D eigenvalue weighted by Crippen LogP contribution is -2.37. The molecule has 0 bridgehead atoms. The van der Waals surface area contributed by atoms with E-state index in [9.17, 15) is 30.7 Å². The van der Waals surface area contributed by atoms with Crippen LogP contribution in [0.25, 0.3) is 11.1 Å². The van der Waals surface area contributed by atoms with Crippen LogP contribution in [0.4, 0.5) is 30.7 Å². The Labute approximate surface area is 203 Å². The van der Waals surface area contributed by atoms with Crippen LogP contribution in [0.5, 0.6) is 11.5 Å². The van der Waals surface area contributed by atoms with Crippen LogP contribution >= 0.6 is 0 Å². The van der Waals surface area contributed by atoms with Crippen LogP contribution in [-0.4, -0.2) is 6.11 Å². The Kier molecular flexibility index (Phi) is 7.47. The van der Waals surface area contributed by atoms with Gasteiger partial charge in [0.15, 0.2) is 29.0 Å². The van der Waals surface area contributed by atoms with Crippen molar-refractivity contribution < 1.29 is 40.2 Å². The number of benzene rings is 3. The number of hydrogen-bond donors (Lipinski definition) is 0. The minimum atomic E-state index is -3.63. The van der Waals surface area contributed by atoms with Crippen molar-refractivity contribution in [3.8, 4) is 22.6 Å². The summed E-state index contributed by atoms with van der Waals surface area (Å²) in [5.74, 6) is -9.39. The molecule has 0 unspecified atom stereocenters. The topological polar surface area (TPSA) is 18.5 Å². The fraction of sp³-hybridized carbons (Fsp3) is 0.333. The number of hydrogen-bond acceptors (Lipinski definition) is 2. The molecule has 1 aliphatic carbocycles.